The molecule has 0 saturated heterocycles. The van der Waals surface area contributed by atoms with Crippen LogP contribution in [0.15, 0.2) is 103 Å². The Kier molecular flexibility index (Phi) is 3.27. The molecule has 0 aliphatic carbocycles. The molecule has 2 unspecified atom stereocenters. The minimum atomic E-state index is -0.734. The predicted molar refractivity (Wildman–Crippen MR) is 112 cm³/mol. The number of aldehydes is 1. The fourth-order valence-corrected chi connectivity index (χ4v) is 5.16. The van der Waals surface area contributed by atoms with Crippen LogP contribution in [-0.4, -0.2) is 6.29 Å². The molecule has 0 aromatic heterocycles. The highest BCUT2D eigenvalue weighted by molar-refractivity contribution is 5.79. The third-order valence-electron chi connectivity index (χ3n) is 6.29. The average molecular weight is 374 g/mol. The fourth-order valence-electron chi connectivity index (χ4n) is 5.16. The first-order chi connectivity index (χ1) is 14.3. The van der Waals surface area contributed by atoms with Crippen LogP contribution in [0.4, 0.5) is 0 Å². The number of carbonyl (C=O) groups is 1. The number of carbonyl (C=O) groups excluding carboxylic acids is 1. The van der Waals surface area contributed by atoms with Crippen molar-refractivity contribution in [3.63, 3.8) is 0 Å². The summed E-state index contributed by atoms with van der Waals surface area (Å²) in [7, 11) is 0. The number of hydrogen-bond acceptors (Lipinski definition) is 2. The Morgan fingerprint density at radius 2 is 1.03 bits per heavy atom. The van der Waals surface area contributed by atoms with E-state index < -0.39 is 11.2 Å². The van der Waals surface area contributed by atoms with Crippen molar-refractivity contribution >= 4 is 6.29 Å². The van der Waals surface area contributed by atoms with Gasteiger partial charge in [0.1, 0.15) is 17.5 Å². The van der Waals surface area contributed by atoms with Crippen molar-refractivity contribution in [3.05, 3.63) is 142 Å². The summed E-state index contributed by atoms with van der Waals surface area (Å²) in [6, 6.07) is 35.1. The van der Waals surface area contributed by atoms with E-state index in [2.05, 4.69) is 66.7 Å². The van der Waals surface area contributed by atoms with Gasteiger partial charge in [-0.15, -0.1) is 0 Å². The molecule has 0 saturated carbocycles. The monoisotopic (exact) mass is 374 g/mol. The SMILES string of the molecule is O=Cc1ccc2c(c1)C1(c3ccccc3)OC2(c2ccccc2)c2ccccc21. The van der Waals surface area contributed by atoms with Gasteiger partial charge in [-0.2, -0.15) is 0 Å². The van der Waals surface area contributed by atoms with Gasteiger partial charge >= 0.3 is 0 Å². The molecule has 4 aromatic carbocycles. The van der Waals surface area contributed by atoms with Crippen LogP contribution in [-0.2, 0) is 15.9 Å². The molecule has 6 rings (SSSR count). The van der Waals surface area contributed by atoms with Crippen molar-refractivity contribution in [1.29, 1.82) is 0 Å². The summed E-state index contributed by atoms with van der Waals surface area (Å²) in [5.74, 6) is 0. The summed E-state index contributed by atoms with van der Waals surface area (Å²) < 4.78 is 7.14. The lowest BCUT2D eigenvalue weighted by Crippen LogP contribution is -2.27. The Balaban J connectivity index is 1.79. The second-order valence-electron chi connectivity index (χ2n) is 7.66. The molecule has 0 N–H and O–H groups in total. The second kappa shape index (κ2) is 5.76. The van der Waals surface area contributed by atoms with Crippen molar-refractivity contribution < 1.29 is 9.53 Å². The van der Waals surface area contributed by atoms with Crippen LogP contribution in [0.3, 0.4) is 0 Å². The summed E-state index contributed by atoms with van der Waals surface area (Å²) in [5, 5.41) is 0. The normalized spacial score (nSPS) is 23.4. The van der Waals surface area contributed by atoms with Crippen molar-refractivity contribution in [2.45, 2.75) is 11.2 Å². The van der Waals surface area contributed by atoms with Crippen LogP contribution in [0.2, 0.25) is 0 Å². The maximum absolute atomic E-state index is 11.6. The van der Waals surface area contributed by atoms with E-state index in [-0.39, 0.29) is 0 Å². The molecule has 2 aliphatic rings. The summed E-state index contributed by atoms with van der Waals surface area (Å²) in [4.78, 5) is 11.6. The van der Waals surface area contributed by atoms with E-state index in [4.69, 9.17) is 4.74 Å². The molecule has 2 atom stereocenters. The molecule has 2 heteroatoms. The predicted octanol–water partition coefficient (Wildman–Crippen LogP) is 5.43. The van der Waals surface area contributed by atoms with E-state index in [1.54, 1.807) is 0 Å². The minimum Gasteiger partial charge on any atom is -0.340 e. The molecule has 4 aromatic rings. The van der Waals surface area contributed by atoms with Crippen LogP contribution < -0.4 is 0 Å². The summed E-state index contributed by atoms with van der Waals surface area (Å²) in [5.41, 5.74) is 5.89. The average Bonchev–Trinajstić information content (AvgIpc) is 3.30. The molecule has 138 valence electrons. The number of hydrogen-bond donors (Lipinski definition) is 0. The van der Waals surface area contributed by atoms with Crippen molar-refractivity contribution in [2.75, 3.05) is 0 Å². The molecule has 0 radical (unpaired) electrons. The van der Waals surface area contributed by atoms with Crippen molar-refractivity contribution in [3.8, 4) is 0 Å². The minimum absolute atomic E-state index is 0.663. The van der Waals surface area contributed by atoms with E-state index in [0.717, 1.165) is 34.1 Å². The first-order valence-electron chi connectivity index (χ1n) is 9.82. The second-order valence-corrected chi connectivity index (χ2v) is 7.66. The van der Waals surface area contributed by atoms with E-state index in [1.165, 1.54) is 5.56 Å². The standard InChI is InChI=1S/C27H18O2/c28-18-19-15-16-24-25(17-19)27(21-11-5-2-6-12-21)23-14-8-7-13-22(23)26(24,29-27)20-9-3-1-4-10-20/h1-18H. The topological polar surface area (TPSA) is 26.3 Å². The Labute approximate surface area is 169 Å². The molecule has 0 fully saturated rings. The van der Waals surface area contributed by atoms with Gasteiger partial charge in [0.05, 0.1) is 0 Å². The highest BCUT2D eigenvalue weighted by atomic mass is 16.5. The van der Waals surface area contributed by atoms with Gasteiger partial charge in [0.15, 0.2) is 0 Å². The van der Waals surface area contributed by atoms with Gasteiger partial charge in [0, 0.05) is 11.1 Å². The third-order valence-corrected chi connectivity index (χ3v) is 6.29. The summed E-state index contributed by atoms with van der Waals surface area (Å²) >= 11 is 0. The lowest BCUT2D eigenvalue weighted by atomic mass is 9.68. The molecule has 2 nitrogen and oxygen atoms in total. The lowest BCUT2D eigenvalue weighted by Gasteiger charge is -2.30. The van der Waals surface area contributed by atoms with Gasteiger partial charge in [-0.3, -0.25) is 4.79 Å². The van der Waals surface area contributed by atoms with E-state index in [0.29, 0.717) is 5.56 Å². The molecule has 2 aliphatic heterocycles. The van der Waals surface area contributed by atoms with Crippen LogP contribution in [0, 0.1) is 0 Å². The summed E-state index contributed by atoms with van der Waals surface area (Å²) in [6.45, 7) is 0. The van der Waals surface area contributed by atoms with Gasteiger partial charge in [0.25, 0.3) is 0 Å². The first kappa shape index (κ1) is 16.5. The maximum atomic E-state index is 11.6. The van der Waals surface area contributed by atoms with Crippen LogP contribution in [0.25, 0.3) is 0 Å². The zero-order valence-electron chi connectivity index (χ0n) is 15.7. The van der Waals surface area contributed by atoms with Crippen molar-refractivity contribution in [2.24, 2.45) is 0 Å². The quantitative estimate of drug-likeness (QED) is 0.447. The smallest absolute Gasteiger partial charge is 0.150 e. The first-order valence-corrected chi connectivity index (χ1v) is 9.82. The Morgan fingerprint density at radius 1 is 0.552 bits per heavy atom. The Morgan fingerprint density at radius 3 is 1.59 bits per heavy atom. The Bertz CT molecular complexity index is 1250. The number of ether oxygens (including phenoxy) is 1. The van der Waals surface area contributed by atoms with Crippen LogP contribution >= 0.6 is 0 Å². The zero-order valence-corrected chi connectivity index (χ0v) is 15.7. The maximum Gasteiger partial charge on any atom is 0.150 e. The lowest BCUT2D eigenvalue weighted by molar-refractivity contribution is -0.0257. The van der Waals surface area contributed by atoms with Crippen LogP contribution in [0.1, 0.15) is 43.7 Å². The summed E-state index contributed by atoms with van der Waals surface area (Å²) in [6.07, 6.45) is 0.909. The van der Waals surface area contributed by atoms with Gasteiger partial charge in [0.2, 0.25) is 0 Å². The van der Waals surface area contributed by atoms with Gasteiger partial charge in [-0.1, -0.05) is 97.1 Å². The van der Waals surface area contributed by atoms with Gasteiger partial charge in [-0.25, -0.2) is 0 Å². The van der Waals surface area contributed by atoms with E-state index >= 15 is 0 Å². The molecular weight excluding hydrogens is 356 g/mol. The molecule has 2 bridgehead atoms. The van der Waals surface area contributed by atoms with E-state index in [1.807, 2.05) is 36.4 Å². The number of benzene rings is 4. The highest BCUT2D eigenvalue weighted by Gasteiger charge is 2.64. The van der Waals surface area contributed by atoms with E-state index in [9.17, 15) is 4.79 Å². The Hall–Kier alpha value is -3.49. The molecular formula is C27H18O2. The zero-order chi connectivity index (χ0) is 19.5. The van der Waals surface area contributed by atoms with Gasteiger partial charge in [-0.05, 0) is 33.9 Å². The fraction of sp³-hybridized carbons (Fsp3) is 0.0741. The molecule has 29 heavy (non-hydrogen) atoms. The number of rotatable bonds is 3. The van der Waals surface area contributed by atoms with Gasteiger partial charge < -0.3 is 4.74 Å². The molecule has 0 amide bonds. The largest absolute Gasteiger partial charge is 0.340 e. The highest BCUT2D eigenvalue weighted by Crippen LogP contribution is 2.65. The molecule has 0 spiro atoms. The van der Waals surface area contributed by atoms with Crippen molar-refractivity contribution in [1.82, 2.24) is 0 Å². The third kappa shape index (κ3) is 1.92. The van der Waals surface area contributed by atoms with Crippen LogP contribution in [0.5, 0.6) is 0 Å². The number of fused-ring (bicyclic) bond motifs is 8. The molecule has 2 heterocycles.